The molecule has 1 amide bonds. The molecule has 1 N–H and O–H groups in total. The van der Waals surface area contributed by atoms with Crippen LogP contribution in [0.1, 0.15) is 58.4 Å². The SMILES string of the molecule is CC(C)(C)OC(=O)N1C2CCCC1CC(O)(c1ccc3occc3c1)C2. The number of piperidine rings is 2. The lowest BCUT2D eigenvalue weighted by molar-refractivity contribution is -0.0964. The summed E-state index contributed by atoms with van der Waals surface area (Å²) in [6.07, 6.45) is 5.42. The molecule has 0 aliphatic carbocycles. The van der Waals surface area contributed by atoms with E-state index in [2.05, 4.69) is 0 Å². The Balaban J connectivity index is 1.61. The molecule has 5 heteroatoms. The van der Waals surface area contributed by atoms with E-state index >= 15 is 0 Å². The smallest absolute Gasteiger partial charge is 0.410 e. The summed E-state index contributed by atoms with van der Waals surface area (Å²) in [5.41, 5.74) is 0.307. The van der Waals surface area contributed by atoms with Gasteiger partial charge in [0.1, 0.15) is 11.2 Å². The van der Waals surface area contributed by atoms with E-state index in [0.29, 0.717) is 12.8 Å². The molecule has 3 heterocycles. The third-order valence-corrected chi connectivity index (χ3v) is 5.60. The third-order valence-electron chi connectivity index (χ3n) is 5.60. The van der Waals surface area contributed by atoms with E-state index in [1.165, 1.54) is 0 Å². The van der Waals surface area contributed by atoms with Gasteiger partial charge in [-0.2, -0.15) is 0 Å². The van der Waals surface area contributed by atoms with E-state index in [0.717, 1.165) is 35.8 Å². The summed E-state index contributed by atoms with van der Waals surface area (Å²) in [4.78, 5) is 14.6. The van der Waals surface area contributed by atoms with Crippen molar-refractivity contribution in [3.63, 3.8) is 0 Å². The molecule has 0 radical (unpaired) electrons. The van der Waals surface area contributed by atoms with Crippen LogP contribution in [0.4, 0.5) is 4.79 Å². The predicted octanol–water partition coefficient (Wildman–Crippen LogP) is 4.57. The number of carbonyl (C=O) groups is 1. The van der Waals surface area contributed by atoms with Crippen LogP contribution in [0.25, 0.3) is 11.0 Å². The molecule has 1 aromatic heterocycles. The van der Waals surface area contributed by atoms with Crippen molar-refractivity contribution in [3.05, 3.63) is 36.1 Å². The minimum Gasteiger partial charge on any atom is -0.464 e. The van der Waals surface area contributed by atoms with Gasteiger partial charge in [-0.3, -0.25) is 0 Å². The van der Waals surface area contributed by atoms with Gasteiger partial charge in [-0.15, -0.1) is 0 Å². The molecular weight excluding hydrogens is 330 g/mol. The molecule has 2 fully saturated rings. The van der Waals surface area contributed by atoms with Gasteiger partial charge in [0.15, 0.2) is 0 Å². The van der Waals surface area contributed by atoms with Crippen molar-refractivity contribution in [2.75, 3.05) is 0 Å². The zero-order chi connectivity index (χ0) is 18.5. The van der Waals surface area contributed by atoms with E-state index in [-0.39, 0.29) is 18.2 Å². The third kappa shape index (κ3) is 3.09. The highest BCUT2D eigenvalue weighted by atomic mass is 16.6. The van der Waals surface area contributed by atoms with Gasteiger partial charge < -0.3 is 19.2 Å². The first-order valence-corrected chi connectivity index (χ1v) is 9.47. The number of benzene rings is 1. The van der Waals surface area contributed by atoms with Crippen molar-refractivity contribution < 1.29 is 19.1 Å². The molecule has 2 unspecified atom stereocenters. The summed E-state index contributed by atoms with van der Waals surface area (Å²) in [5, 5.41) is 12.5. The average Bonchev–Trinajstić information content (AvgIpc) is 2.99. The maximum Gasteiger partial charge on any atom is 0.410 e. The Morgan fingerprint density at radius 2 is 1.92 bits per heavy atom. The van der Waals surface area contributed by atoms with Crippen LogP contribution in [0.2, 0.25) is 0 Å². The zero-order valence-electron chi connectivity index (χ0n) is 15.7. The highest BCUT2D eigenvalue weighted by molar-refractivity contribution is 5.78. The zero-order valence-corrected chi connectivity index (χ0v) is 15.7. The quantitative estimate of drug-likeness (QED) is 0.812. The summed E-state index contributed by atoms with van der Waals surface area (Å²) >= 11 is 0. The number of fused-ring (bicyclic) bond motifs is 3. The van der Waals surface area contributed by atoms with Crippen molar-refractivity contribution >= 4 is 17.1 Å². The molecule has 5 nitrogen and oxygen atoms in total. The molecule has 2 atom stereocenters. The number of hydrogen-bond acceptors (Lipinski definition) is 4. The van der Waals surface area contributed by atoms with Crippen molar-refractivity contribution in [2.24, 2.45) is 0 Å². The van der Waals surface area contributed by atoms with E-state index in [1.807, 2.05) is 49.9 Å². The van der Waals surface area contributed by atoms with Crippen LogP contribution in [0.15, 0.2) is 34.9 Å². The summed E-state index contributed by atoms with van der Waals surface area (Å²) in [6.45, 7) is 5.67. The van der Waals surface area contributed by atoms with Gasteiger partial charge in [-0.25, -0.2) is 4.79 Å². The van der Waals surface area contributed by atoms with Gasteiger partial charge in [0, 0.05) is 30.3 Å². The second-order valence-electron chi connectivity index (χ2n) is 8.74. The fraction of sp³-hybridized carbons (Fsp3) is 0.571. The average molecular weight is 357 g/mol. The normalized spacial score (nSPS) is 29.0. The van der Waals surface area contributed by atoms with Crippen LogP contribution in [-0.2, 0) is 10.3 Å². The van der Waals surface area contributed by atoms with E-state index in [4.69, 9.17) is 9.15 Å². The van der Waals surface area contributed by atoms with E-state index < -0.39 is 11.2 Å². The molecular formula is C21H27NO4. The number of amides is 1. The Morgan fingerprint density at radius 3 is 2.58 bits per heavy atom. The molecule has 2 aliphatic rings. The summed E-state index contributed by atoms with van der Waals surface area (Å²) in [6, 6.07) is 7.82. The second kappa shape index (κ2) is 6.02. The molecule has 26 heavy (non-hydrogen) atoms. The maximum absolute atomic E-state index is 12.7. The first kappa shape index (κ1) is 17.4. The monoisotopic (exact) mass is 357 g/mol. The van der Waals surface area contributed by atoms with Crippen molar-refractivity contribution in [3.8, 4) is 0 Å². The van der Waals surface area contributed by atoms with Crippen LogP contribution in [0.5, 0.6) is 0 Å². The van der Waals surface area contributed by atoms with Gasteiger partial charge in [0.25, 0.3) is 0 Å². The number of nitrogens with zero attached hydrogens (tertiary/aromatic N) is 1. The Kier molecular flexibility index (Phi) is 4.03. The molecule has 140 valence electrons. The van der Waals surface area contributed by atoms with Gasteiger partial charge in [0.05, 0.1) is 11.9 Å². The van der Waals surface area contributed by atoms with Crippen LogP contribution >= 0.6 is 0 Å². The number of rotatable bonds is 1. The number of aliphatic hydroxyl groups is 1. The van der Waals surface area contributed by atoms with Crippen molar-refractivity contribution in [2.45, 2.75) is 76.2 Å². The van der Waals surface area contributed by atoms with E-state index in [1.54, 1.807) is 6.26 Å². The van der Waals surface area contributed by atoms with Crippen LogP contribution < -0.4 is 0 Å². The lowest BCUT2D eigenvalue weighted by Crippen LogP contribution is -2.59. The number of furan rings is 1. The highest BCUT2D eigenvalue weighted by Gasteiger charge is 2.49. The van der Waals surface area contributed by atoms with E-state index in [9.17, 15) is 9.90 Å². The molecule has 2 bridgehead atoms. The molecule has 4 rings (SSSR count). The van der Waals surface area contributed by atoms with Crippen LogP contribution in [0.3, 0.4) is 0 Å². The topological polar surface area (TPSA) is 62.9 Å². The fourth-order valence-corrected chi connectivity index (χ4v) is 4.53. The summed E-state index contributed by atoms with van der Waals surface area (Å²) in [7, 11) is 0. The Labute approximate surface area is 153 Å². The van der Waals surface area contributed by atoms with Crippen molar-refractivity contribution in [1.29, 1.82) is 0 Å². The molecule has 2 aliphatic heterocycles. The summed E-state index contributed by atoms with van der Waals surface area (Å²) in [5.74, 6) is 0. The lowest BCUT2D eigenvalue weighted by atomic mass is 9.72. The maximum atomic E-state index is 12.7. The minimum absolute atomic E-state index is 0.0161. The van der Waals surface area contributed by atoms with Crippen LogP contribution in [-0.4, -0.2) is 33.8 Å². The standard InChI is InChI=1S/C21H27NO4/c1-20(2,3)26-19(23)22-16-5-4-6-17(22)13-21(24,12-16)15-7-8-18-14(11-15)9-10-25-18/h7-11,16-17,24H,4-6,12-13H2,1-3H3. The molecule has 0 saturated carbocycles. The largest absolute Gasteiger partial charge is 0.464 e. The number of carbonyl (C=O) groups excluding carboxylic acids is 1. The van der Waals surface area contributed by atoms with Crippen molar-refractivity contribution in [1.82, 2.24) is 4.90 Å². The second-order valence-corrected chi connectivity index (χ2v) is 8.74. The van der Waals surface area contributed by atoms with Gasteiger partial charge in [-0.1, -0.05) is 6.07 Å². The predicted molar refractivity (Wildman–Crippen MR) is 98.8 cm³/mol. The number of ether oxygens (including phenoxy) is 1. The Morgan fingerprint density at radius 1 is 1.23 bits per heavy atom. The van der Waals surface area contributed by atoms with Gasteiger partial charge >= 0.3 is 6.09 Å². The molecule has 2 saturated heterocycles. The molecule has 0 spiro atoms. The first-order valence-electron chi connectivity index (χ1n) is 9.47. The minimum atomic E-state index is -0.917. The highest BCUT2D eigenvalue weighted by Crippen LogP contribution is 2.45. The molecule has 1 aromatic carbocycles. The Bertz CT molecular complexity index is 805. The fourth-order valence-electron chi connectivity index (χ4n) is 4.53. The first-order chi connectivity index (χ1) is 12.3. The van der Waals surface area contributed by atoms with Gasteiger partial charge in [0.2, 0.25) is 0 Å². The summed E-state index contributed by atoms with van der Waals surface area (Å²) < 4.78 is 11.0. The molecule has 2 aromatic rings. The lowest BCUT2D eigenvalue weighted by Gasteiger charge is -2.51. The number of hydrogen-bond donors (Lipinski definition) is 1. The van der Waals surface area contributed by atoms with Crippen LogP contribution in [0, 0.1) is 0 Å². The Hall–Kier alpha value is -2.01. The van der Waals surface area contributed by atoms with Gasteiger partial charge in [-0.05, 0) is 63.8 Å².